The van der Waals surface area contributed by atoms with Crippen molar-refractivity contribution in [2.45, 2.75) is 20.4 Å². The molecule has 17 heavy (non-hydrogen) atoms. The predicted octanol–water partition coefficient (Wildman–Crippen LogP) is 0.812. The Morgan fingerprint density at radius 2 is 1.94 bits per heavy atom. The maximum absolute atomic E-state index is 11.6. The molecule has 0 saturated carbocycles. The number of hydrogen-bond acceptors (Lipinski definition) is 2. The normalized spacial score (nSPS) is 10.4. The lowest BCUT2D eigenvalue weighted by Gasteiger charge is -2.10. The summed E-state index contributed by atoms with van der Waals surface area (Å²) in [5, 5.41) is 2.90. The largest absolute Gasteiger partial charge is 0.377 e. The van der Waals surface area contributed by atoms with Crippen molar-refractivity contribution in [3.63, 3.8) is 0 Å². The summed E-state index contributed by atoms with van der Waals surface area (Å²) in [6.45, 7) is 5.27. The van der Waals surface area contributed by atoms with Crippen LogP contribution in [0.15, 0.2) is 24.5 Å². The van der Waals surface area contributed by atoms with Crippen molar-refractivity contribution in [3.8, 4) is 0 Å². The first-order chi connectivity index (χ1) is 7.99. The van der Waals surface area contributed by atoms with Gasteiger partial charge in [0.05, 0.1) is 0 Å². The van der Waals surface area contributed by atoms with Crippen LogP contribution in [0.3, 0.4) is 0 Å². The van der Waals surface area contributed by atoms with Crippen LogP contribution in [0.1, 0.15) is 13.8 Å². The zero-order valence-electron chi connectivity index (χ0n) is 11.1. The molecule has 94 valence electrons. The van der Waals surface area contributed by atoms with Crippen LogP contribution in [0.4, 0.5) is 5.69 Å². The Morgan fingerprint density at radius 3 is 2.41 bits per heavy atom. The topological polar surface area (TPSA) is 36.2 Å². The minimum atomic E-state index is 0.0568. The van der Waals surface area contributed by atoms with Gasteiger partial charge in [0, 0.05) is 38.5 Å². The zero-order chi connectivity index (χ0) is 12.8. The van der Waals surface area contributed by atoms with E-state index < -0.39 is 0 Å². The van der Waals surface area contributed by atoms with E-state index in [0.29, 0.717) is 12.5 Å². The van der Waals surface area contributed by atoms with Gasteiger partial charge in [0.1, 0.15) is 0 Å². The Labute approximate surface area is 103 Å². The van der Waals surface area contributed by atoms with E-state index in [1.807, 2.05) is 48.1 Å². The van der Waals surface area contributed by atoms with Gasteiger partial charge >= 0.3 is 0 Å². The summed E-state index contributed by atoms with van der Waals surface area (Å²) >= 11 is 0. The molecule has 4 heteroatoms. The van der Waals surface area contributed by atoms with Crippen molar-refractivity contribution in [2.24, 2.45) is 5.92 Å². The standard InChI is InChI=1S/C13H21N3O/c1-11(2)9-14-13(17)10-16-7-5-12(6-8-16)15(3)4/h5-8,11H,9-10H2,1-4H3/p+1. The second-order valence-electron chi connectivity index (χ2n) is 4.82. The first-order valence-corrected chi connectivity index (χ1v) is 5.92. The summed E-state index contributed by atoms with van der Waals surface area (Å²) in [5.41, 5.74) is 1.13. The summed E-state index contributed by atoms with van der Waals surface area (Å²) in [7, 11) is 3.99. The number of rotatable bonds is 5. The summed E-state index contributed by atoms with van der Waals surface area (Å²) in [6, 6.07) is 3.99. The minimum absolute atomic E-state index is 0.0568. The SMILES string of the molecule is CC(C)CNC(=O)C[n+]1ccc(N(C)C)cc1. The molecule has 0 aromatic carbocycles. The number of hydrogen-bond donors (Lipinski definition) is 1. The van der Waals surface area contributed by atoms with E-state index in [9.17, 15) is 4.79 Å². The molecule has 1 aromatic rings. The number of pyridine rings is 1. The van der Waals surface area contributed by atoms with Crippen LogP contribution in [-0.2, 0) is 11.3 Å². The van der Waals surface area contributed by atoms with Crippen LogP contribution in [0.2, 0.25) is 0 Å². The zero-order valence-corrected chi connectivity index (χ0v) is 11.1. The third-order valence-electron chi connectivity index (χ3n) is 2.42. The highest BCUT2D eigenvalue weighted by Gasteiger charge is 2.09. The predicted molar refractivity (Wildman–Crippen MR) is 68.8 cm³/mol. The molecular weight excluding hydrogens is 214 g/mol. The van der Waals surface area contributed by atoms with E-state index in [-0.39, 0.29) is 5.91 Å². The lowest BCUT2D eigenvalue weighted by atomic mass is 10.2. The summed E-state index contributed by atoms with van der Waals surface area (Å²) in [4.78, 5) is 13.6. The second kappa shape index (κ2) is 6.23. The fourth-order valence-corrected chi connectivity index (χ4v) is 1.39. The molecule has 1 N–H and O–H groups in total. The fraction of sp³-hybridized carbons (Fsp3) is 0.538. The second-order valence-corrected chi connectivity index (χ2v) is 4.82. The van der Waals surface area contributed by atoms with Gasteiger partial charge < -0.3 is 10.2 Å². The Kier molecular flexibility index (Phi) is 4.94. The summed E-state index contributed by atoms with van der Waals surface area (Å²) in [6.07, 6.45) is 3.84. The van der Waals surface area contributed by atoms with Gasteiger partial charge in [-0.2, -0.15) is 4.57 Å². The molecule has 1 rings (SSSR count). The van der Waals surface area contributed by atoms with Crippen LogP contribution < -0.4 is 14.8 Å². The number of aromatic nitrogens is 1. The number of amides is 1. The van der Waals surface area contributed by atoms with Gasteiger partial charge in [-0.15, -0.1) is 0 Å². The van der Waals surface area contributed by atoms with E-state index in [1.54, 1.807) is 0 Å². The number of carbonyl (C=O) groups excluding carboxylic acids is 1. The van der Waals surface area contributed by atoms with Gasteiger partial charge in [-0.05, 0) is 5.92 Å². The van der Waals surface area contributed by atoms with Crippen molar-refractivity contribution in [2.75, 3.05) is 25.5 Å². The third-order valence-corrected chi connectivity index (χ3v) is 2.42. The molecule has 0 aliphatic heterocycles. The van der Waals surface area contributed by atoms with E-state index in [0.717, 1.165) is 12.2 Å². The molecule has 1 aromatic heterocycles. The summed E-state index contributed by atoms with van der Waals surface area (Å²) < 4.78 is 1.88. The van der Waals surface area contributed by atoms with Crippen LogP contribution in [0.25, 0.3) is 0 Å². The van der Waals surface area contributed by atoms with Gasteiger partial charge in [-0.25, -0.2) is 0 Å². The van der Waals surface area contributed by atoms with Gasteiger partial charge in [-0.1, -0.05) is 13.8 Å². The lowest BCUT2D eigenvalue weighted by Crippen LogP contribution is -2.43. The quantitative estimate of drug-likeness (QED) is 0.768. The molecule has 0 unspecified atom stereocenters. The van der Waals surface area contributed by atoms with Crippen LogP contribution in [0, 0.1) is 5.92 Å². The first kappa shape index (κ1) is 13.5. The van der Waals surface area contributed by atoms with Crippen molar-refractivity contribution >= 4 is 11.6 Å². The molecule has 0 aliphatic rings. The van der Waals surface area contributed by atoms with Crippen LogP contribution >= 0.6 is 0 Å². The van der Waals surface area contributed by atoms with E-state index in [2.05, 4.69) is 19.2 Å². The molecule has 1 amide bonds. The molecule has 0 radical (unpaired) electrons. The summed E-state index contributed by atoms with van der Waals surface area (Å²) in [5.74, 6) is 0.543. The molecule has 0 atom stereocenters. The average Bonchev–Trinajstić information content (AvgIpc) is 2.27. The van der Waals surface area contributed by atoms with E-state index >= 15 is 0 Å². The molecule has 0 bridgehead atoms. The number of anilines is 1. The van der Waals surface area contributed by atoms with Gasteiger partial charge in [0.15, 0.2) is 12.4 Å². The third kappa shape index (κ3) is 4.85. The van der Waals surface area contributed by atoms with E-state index in [4.69, 9.17) is 0 Å². The number of nitrogens with one attached hydrogen (secondary N) is 1. The average molecular weight is 236 g/mol. The smallest absolute Gasteiger partial charge is 0.285 e. The highest BCUT2D eigenvalue weighted by Crippen LogP contribution is 2.05. The molecule has 0 spiro atoms. The fourth-order valence-electron chi connectivity index (χ4n) is 1.39. The molecule has 0 fully saturated rings. The Balaban J connectivity index is 2.48. The molecular formula is C13H22N3O+. The molecule has 0 aliphatic carbocycles. The van der Waals surface area contributed by atoms with Crippen molar-refractivity contribution < 1.29 is 9.36 Å². The Morgan fingerprint density at radius 1 is 1.35 bits per heavy atom. The molecule has 0 saturated heterocycles. The molecule has 4 nitrogen and oxygen atoms in total. The first-order valence-electron chi connectivity index (χ1n) is 5.92. The Bertz CT molecular complexity index is 357. The monoisotopic (exact) mass is 236 g/mol. The minimum Gasteiger partial charge on any atom is -0.377 e. The maximum Gasteiger partial charge on any atom is 0.285 e. The maximum atomic E-state index is 11.6. The Hall–Kier alpha value is -1.58. The van der Waals surface area contributed by atoms with Gasteiger partial charge in [0.2, 0.25) is 6.54 Å². The lowest BCUT2D eigenvalue weighted by molar-refractivity contribution is -0.684. The van der Waals surface area contributed by atoms with Crippen molar-refractivity contribution in [1.29, 1.82) is 0 Å². The van der Waals surface area contributed by atoms with Gasteiger partial charge in [-0.3, -0.25) is 4.79 Å². The molecule has 1 heterocycles. The van der Waals surface area contributed by atoms with Gasteiger partial charge in [0.25, 0.3) is 5.91 Å². The van der Waals surface area contributed by atoms with Crippen molar-refractivity contribution in [3.05, 3.63) is 24.5 Å². The van der Waals surface area contributed by atoms with Crippen molar-refractivity contribution in [1.82, 2.24) is 5.32 Å². The van der Waals surface area contributed by atoms with E-state index in [1.165, 1.54) is 0 Å². The van der Waals surface area contributed by atoms with Crippen LogP contribution in [0.5, 0.6) is 0 Å². The highest BCUT2D eigenvalue weighted by molar-refractivity contribution is 5.74. The van der Waals surface area contributed by atoms with Crippen LogP contribution in [-0.4, -0.2) is 26.5 Å². The number of carbonyl (C=O) groups is 1. The highest BCUT2D eigenvalue weighted by atomic mass is 16.1. The number of nitrogens with zero attached hydrogens (tertiary/aromatic N) is 2.